The molecule has 260 valence electrons. The van der Waals surface area contributed by atoms with Crippen molar-refractivity contribution in [3.8, 4) is 22.4 Å². The van der Waals surface area contributed by atoms with Crippen molar-refractivity contribution in [2.45, 2.75) is 104 Å². The summed E-state index contributed by atoms with van der Waals surface area (Å²) < 4.78 is 50.1. The Morgan fingerprint density at radius 1 is 0.959 bits per heavy atom. The molecule has 2 heterocycles. The molecule has 0 spiro atoms. The van der Waals surface area contributed by atoms with Gasteiger partial charge in [0.25, 0.3) is 5.91 Å². The number of esters is 1. The van der Waals surface area contributed by atoms with Crippen LogP contribution in [0.25, 0.3) is 22.4 Å². The molecule has 9 heteroatoms. The van der Waals surface area contributed by atoms with Crippen LogP contribution in [0, 0.1) is 11.6 Å². The average Bonchev–Trinajstić information content (AvgIpc) is 3.34. The van der Waals surface area contributed by atoms with Crippen molar-refractivity contribution in [1.82, 2.24) is 4.57 Å². The topological polar surface area (TPSA) is 78.8 Å². The van der Waals surface area contributed by atoms with E-state index < -0.39 is 29.1 Å². The number of nitrogens with zero attached hydrogens (tertiary/aromatic N) is 1. The Hall–Kier alpha value is -4.34. The monoisotopic (exact) mass is 672 g/mol. The molecule has 1 fully saturated rings. The third-order valence-electron chi connectivity index (χ3n) is 8.27. The summed E-state index contributed by atoms with van der Waals surface area (Å²) in [4.78, 5) is 27.1. The van der Waals surface area contributed by atoms with Gasteiger partial charge in [-0.1, -0.05) is 62.4 Å². The molecule has 49 heavy (non-hydrogen) atoms. The standard InChI is InChI=1S/C40H46F2N2O5/c1-25(2)36-35(38(46)43-28-16-12-9-13-17-28)34(26-14-10-8-11-15-26)37(31-19-18-27(41)22-32(31)42)44(36)21-20-29-23-30(48-40(6,7)47-29)24-33(45)49-39(3,4)5/h8-19,22,25,29-30H,20-21,23-24H2,1-7H3,(H,43,46)/t29-,30-/m1/s1. The Kier molecular flexibility index (Phi) is 10.7. The molecule has 0 aliphatic carbocycles. The predicted octanol–water partition coefficient (Wildman–Crippen LogP) is 9.51. The number of para-hydroxylation sites is 1. The van der Waals surface area contributed by atoms with Gasteiger partial charge >= 0.3 is 5.97 Å². The number of carbonyl (C=O) groups is 2. The van der Waals surface area contributed by atoms with E-state index in [9.17, 15) is 14.0 Å². The number of hydrogen-bond donors (Lipinski definition) is 1. The molecule has 0 bridgehead atoms. The van der Waals surface area contributed by atoms with Crippen LogP contribution < -0.4 is 5.32 Å². The molecule has 0 saturated carbocycles. The van der Waals surface area contributed by atoms with Crippen LogP contribution >= 0.6 is 0 Å². The largest absolute Gasteiger partial charge is 0.460 e. The van der Waals surface area contributed by atoms with Crippen molar-refractivity contribution < 1.29 is 32.6 Å². The number of nitrogens with one attached hydrogen (secondary N) is 1. The zero-order valence-electron chi connectivity index (χ0n) is 29.3. The van der Waals surface area contributed by atoms with E-state index in [0.717, 1.165) is 11.6 Å². The number of halogens is 2. The number of ether oxygens (including phenoxy) is 3. The van der Waals surface area contributed by atoms with Crippen molar-refractivity contribution in [2.24, 2.45) is 0 Å². The third-order valence-corrected chi connectivity index (χ3v) is 8.27. The van der Waals surface area contributed by atoms with Crippen LogP contribution in [-0.4, -0.2) is 40.0 Å². The molecular formula is C40H46F2N2O5. The maximum absolute atomic E-state index is 15.8. The van der Waals surface area contributed by atoms with Gasteiger partial charge in [0.2, 0.25) is 0 Å². The molecule has 3 aromatic carbocycles. The highest BCUT2D eigenvalue weighted by Crippen LogP contribution is 2.44. The first-order valence-electron chi connectivity index (χ1n) is 16.8. The van der Waals surface area contributed by atoms with Gasteiger partial charge in [0.15, 0.2) is 5.79 Å². The zero-order chi connectivity index (χ0) is 35.5. The number of amides is 1. The van der Waals surface area contributed by atoms with E-state index in [1.165, 1.54) is 12.1 Å². The van der Waals surface area contributed by atoms with Crippen LogP contribution in [0.2, 0.25) is 0 Å². The number of anilines is 1. The summed E-state index contributed by atoms with van der Waals surface area (Å²) in [6.07, 6.45) is 0.226. The van der Waals surface area contributed by atoms with E-state index in [4.69, 9.17) is 14.2 Å². The molecule has 0 radical (unpaired) electrons. The zero-order valence-corrected chi connectivity index (χ0v) is 29.3. The van der Waals surface area contributed by atoms with Gasteiger partial charge in [0.1, 0.15) is 17.2 Å². The molecule has 1 amide bonds. The molecule has 1 aliphatic rings. The van der Waals surface area contributed by atoms with Gasteiger partial charge in [0.05, 0.1) is 29.9 Å². The molecule has 1 aliphatic heterocycles. The Labute approximate surface area is 287 Å². The average molecular weight is 673 g/mol. The fourth-order valence-electron chi connectivity index (χ4n) is 6.63. The number of hydrogen-bond acceptors (Lipinski definition) is 5. The summed E-state index contributed by atoms with van der Waals surface area (Å²) in [5.74, 6) is -3.24. The lowest BCUT2D eigenvalue weighted by Gasteiger charge is -2.41. The van der Waals surface area contributed by atoms with Gasteiger partial charge in [-0.05, 0) is 76.8 Å². The molecule has 4 aromatic rings. The van der Waals surface area contributed by atoms with Crippen LogP contribution in [0.1, 0.15) is 89.7 Å². The highest BCUT2D eigenvalue weighted by atomic mass is 19.1. The molecule has 5 rings (SSSR count). The smallest absolute Gasteiger partial charge is 0.308 e. The second-order valence-corrected chi connectivity index (χ2v) is 14.3. The van der Waals surface area contributed by atoms with Crippen LogP contribution in [0.4, 0.5) is 14.5 Å². The van der Waals surface area contributed by atoms with E-state index in [2.05, 4.69) is 5.32 Å². The lowest BCUT2D eigenvalue weighted by atomic mass is 9.94. The summed E-state index contributed by atoms with van der Waals surface area (Å²) in [6, 6.07) is 22.1. The van der Waals surface area contributed by atoms with E-state index in [1.807, 2.05) is 114 Å². The Balaban J connectivity index is 1.62. The van der Waals surface area contributed by atoms with Gasteiger partial charge < -0.3 is 24.1 Å². The van der Waals surface area contributed by atoms with Crippen molar-refractivity contribution in [3.05, 3.63) is 102 Å². The normalized spacial score (nSPS) is 17.6. The fraction of sp³-hybridized carbons (Fsp3) is 0.400. The van der Waals surface area contributed by atoms with Gasteiger partial charge in [-0.3, -0.25) is 9.59 Å². The molecule has 2 atom stereocenters. The molecule has 7 nitrogen and oxygen atoms in total. The first kappa shape index (κ1) is 36.0. The van der Waals surface area contributed by atoms with Gasteiger partial charge in [-0.2, -0.15) is 0 Å². The Morgan fingerprint density at radius 3 is 2.20 bits per heavy atom. The lowest BCUT2D eigenvalue weighted by molar-refractivity contribution is -0.301. The van der Waals surface area contributed by atoms with Crippen LogP contribution in [0.5, 0.6) is 0 Å². The van der Waals surface area contributed by atoms with Crippen LogP contribution in [-0.2, 0) is 25.5 Å². The molecule has 1 N–H and O–H groups in total. The van der Waals surface area contributed by atoms with Gasteiger partial charge in [-0.25, -0.2) is 8.78 Å². The molecule has 0 unspecified atom stereocenters. The Morgan fingerprint density at radius 2 is 1.59 bits per heavy atom. The highest BCUT2D eigenvalue weighted by Gasteiger charge is 2.38. The molecule has 1 aromatic heterocycles. The Bertz CT molecular complexity index is 1780. The second kappa shape index (κ2) is 14.6. The van der Waals surface area contributed by atoms with E-state index in [0.29, 0.717) is 47.6 Å². The quantitative estimate of drug-likeness (QED) is 0.170. The van der Waals surface area contributed by atoms with Crippen LogP contribution in [0.15, 0.2) is 78.9 Å². The predicted molar refractivity (Wildman–Crippen MR) is 187 cm³/mol. The van der Waals surface area contributed by atoms with E-state index in [1.54, 1.807) is 0 Å². The highest BCUT2D eigenvalue weighted by molar-refractivity contribution is 6.12. The number of carbonyl (C=O) groups excluding carboxylic acids is 2. The van der Waals surface area contributed by atoms with Gasteiger partial charge in [-0.15, -0.1) is 0 Å². The SMILES string of the molecule is CC(C)c1c(C(=O)Nc2ccccc2)c(-c2ccccc2)c(-c2ccc(F)cc2F)n1CC[C@@H]1C[C@H](CC(=O)OC(C)(C)C)OC(C)(C)O1. The van der Waals surface area contributed by atoms with Crippen molar-refractivity contribution in [1.29, 1.82) is 0 Å². The van der Waals surface area contributed by atoms with Crippen molar-refractivity contribution in [2.75, 3.05) is 5.32 Å². The van der Waals surface area contributed by atoms with Crippen molar-refractivity contribution >= 4 is 17.6 Å². The minimum absolute atomic E-state index is 0.0787. The van der Waals surface area contributed by atoms with Crippen molar-refractivity contribution in [3.63, 3.8) is 0 Å². The lowest BCUT2D eigenvalue weighted by Crippen LogP contribution is -2.46. The van der Waals surface area contributed by atoms with E-state index in [-0.39, 0.29) is 35.9 Å². The summed E-state index contributed by atoms with van der Waals surface area (Å²) in [7, 11) is 0. The fourth-order valence-corrected chi connectivity index (χ4v) is 6.63. The summed E-state index contributed by atoms with van der Waals surface area (Å²) in [5.41, 5.74) is 3.06. The minimum Gasteiger partial charge on any atom is -0.460 e. The summed E-state index contributed by atoms with van der Waals surface area (Å²) >= 11 is 0. The number of rotatable bonds is 10. The van der Waals surface area contributed by atoms with E-state index >= 15 is 4.39 Å². The number of benzene rings is 3. The minimum atomic E-state index is -0.963. The first-order chi connectivity index (χ1) is 23.1. The molecular weight excluding hydrogens is 626 g/mol. The summed E-state index contributed by atoms with van der Waals surface area (Å²) in [6.45, 7) is 13.4. The third kappa shape index (κ3) is 8.83. The maximum Gasteiger partial charge on any atom is 0.308 e. The second-order valence-electron chi connectivity index (χ2n) is 14.3. The maximum atomic E-state index is 15.8. The first-order valence-corrected chi connectivity index (χ1v) is 16.8. The molecule has 1 saturated heterocycles. The number of aromatic nitrogens is 1. The van der Waals surface area contributed by atoms with Crippen LogP contribution in [0.3, 0.4) is 0 Å². The van der Waals surface area contributed by atoms with Gasteiger partial charge in [0, 0.05) is 41.5 Å². The summed E-state index contributed by atoms with van der Waals surface area (Å²) in [5, 5.41) is 3.04.